The molecule has 2 aromatic carbocycles. The first-order valence-corrected chi connectivity index (χ1v) is 8.52. The largest absolute Gasteiger partial charge is 0.348 e. The topological polar surface area (TPSA) is 66.9 Å². The Labute approximate surface area is 153 Å². The molecule has 1 aromatic heterocycles. The van der Waals surface area contributed by atoms with E-state index < -0.39 is 0 Å². The third kappa shape index (κ3) is 4.25. The van der Waals surface area contributed by atoms with Crippen molar-refractivity contribution in [1.29, 1.82) is 0 Å². The van der Waals surface area contributed by atoms with Crippen LogP contribution in [0.3, 0.4) is 0 Å². The molecule has 0 aliphatic carbocycles. The molecule has 1 amide bonds. The first kappa shape index (κ1) is 17.6. The SMILES string of the molecule is Cc1cccc(CNC(=O)c2cnc(Nc3cccc(C)c3C)nc2)c1. The van der Waals surface area contributed by atoms with E-state index in [4.69, 9.17) is 0 Å². The van der Waals surface area contributed by atoms with Crippen molar-refractivity contribution in [3.05, 3.63) is 82.7 Å². The van der Waals surface area contributed by atoms with Crippen LogP contribution in [0.25, 0.3) is 0 Å². The maximum atomic E-state index is 12.3. The zero-order chi connectivity index (χ0) is 18.5. The van der Waals surface area contributed by atoms with Crippen LogP contribution in [0.1, 0.15) is 32.6 Å². The smallest absolute Gasteiger partial charge is 0.254 e. The van der Waals surface area contributed by atoms with Gasteiger partial charge in [-0.3, -0.25) is 4.79 Å². The van der Waals surface area contributed by atoms with Crippen LogP contribution in [0.15, 0.2) is 54.9 Å². The Hall–Kier alpha value is -3.21. The van der Waals surface area contributed by atoms with Gasteiger partial charge < -0.3 is 10.6 Å². The van der Waals surface area contributed by atoms with E-state index in [1.807, 2.05) is 50.2 Å². The van der Waals surface area contributed by atoms with Crippen LogP contribution >= 0.6 is 0 Å². The molecular formula is C21H22N4O. The minimum absolute atomic E-state index is 0.190. The van der Waals surface area contributed by atoms with E-state index in [-0.39, 0.29) is 5.91 Å². The van der Waals surface area contributed by atoms with E-state index in [2.05, 4.69) is 33.6 Å². The second-order valence-electron chi connectivity index (χ2n) is 6.34. The fourth-order valence-electron chi connectivity index (χ4n) is 2.62. The molecule has 5 nitrogen and oxygen atoms in total. The predicted molar refractivity (Wildman–Crippen MR) is 104 cm³/mol. The van der Waals surface area contributed by atoms with E-state index in [1.165, 1.54) is 23.5 Å². The van der Waals surface area contributed by atoms with Crippen LogP contribution in [0.2, 0.25) is 0 Å². The van der Waals surface area contributed by atoms with Crippen LogP contribution in [0.4, 0.5) is 11.6 Å². The predicted octanol–water partition coefficient (Wildman–Crippen LogP) is 4.08. The summed E-state index contributed by atoms with van der Waals surface area (Å²) in [6.45, 7) is 6.61. The molecule has 2 N–H and O–H groups in total. The molecule has 26 heavy (non-hydrogen) atoms. The van der Waals surface area contributed by atoms with E-state index >= 15 is 0 Å². The Morgan fingerprint density at radius 1 is 1.00 bits per heavy atom. The minimum atomic E-state index is -0.190. The zero-order valence-corrected chi connectivity index (χ0v) is 15.2. The number of aromatic nitrogens is 2. The Bertz CT molecular complexity index is 920. The molecule has 0 unspecified atom stereocenters. The Morgan fingerprint density at radius 2 is 1.73 bits per heavy atom. The lowest BCUT2D eigenvalue weighted by molar-refractivity contribution is 0.0950. The molecule has 5 heteroatoms. The highest BCUT2D eigenvalue weighted by Crippen LogP contribution is 2.20. The maximum absolute atomic E-state index is 12.3. The molecular weight excluding hydrogens is 324 g/mol. The van der Waals surface area contributed by atoms with Gasteiger partial charge >= 0.3 is 0 Å². The minimum Gasteiger partial charge on any atom is -0.348 e. The Kier molecular flexibility index (Phi) is 5.27. The first-order valence-electron chi connectivity index (χ1n) is 8.52. The highest BCUT2D eigenvalue weighted by Gasteiger charge is 2.08. The van der Waals surface area contributed by atoms with Gasteiger partial charge in [-0.25, -0.2) is 9.97 Å². The van der Waals surface area contributed by atoms with E-state index in [0.717, 1.165) is 16.8 Å². The summed E-state index contributed by atoms with van der Waals surface area (Å²) in [4.78, 5) is 20.8. The monoisotopic (exact) mass is 346 g/mol. The molecule has 1 heterocycles. The summed E-state index contributed by atoms with van der Waals surface area (Å²) >= 11 is 0. The molecule has 0 bridgehead atoms. The standard InChI is InChI=1S/C21H22N4O/c1-14-6-4-8-17(10-14)11-22-20(26)18-12-23-21(24-13-18)25-19-9-5-7-15(2)16(19)3/h4-10,12-13H,11H2,1-3H3,(H,22,26)(H,23,24,25). The van der Waals surface area contributed by atoms with Gasteiger partial charge in [-0.05, 0) is 43.5 Å². The number of hydrogen-bond donors (Lipinski definition) is 2. The summed E-state index contributed by atoms with van der Waals surface area (Å²) in [7, 11) is 0. The summed E-state index contributed by atoms with van der Waals surface area (Å²) in [5, 5.41) is 6.08. The molecule has 0 aliphatic rings. The third-order valence-corrected chi connectivity index (χ3v) is 4.30. The molecule has 0 saturated heterocycles. The summed E-state index contributed by atoms with van der Waals surface area (Å²) in [6.07, 6.45) is 3.07. The van der Waals surface area contributed by atoms with Gasteiger partial charge in [-0.15, -0.1) is 0 Å². The number of rotatable bonds is 5. The zero-order valence-electron chi connectivity index (χ0n) is 15.2. The van der Waals surface area contributed by atoms with Crippen LogP contribution in [-0.2, 0) is 6.54 Å². The summed E-state index contributed by atoms with van der Waals surface area (Å²) in [5.41, 5.74) is 5.97. The number of nitrogens with one attached hydrogen (secondary N) is 2. The van der Waals surface area contributed by atoms with Crippen molar-refractivity contribution < 1.29 is 4.79 Å². The van der Waals surface area contributed by atoms with E-state index in [9.17, 15) is 4.79 Å². The summed E-state index contributed by atoms with van der Waals surface area (Å²) in [6, 6.07) is 14.1. The molecule has 0 radical (unpaired) electrons. The van der Waals surface area contributed by atoms with Crippen LogP contribution in [-0.4, -0.2) is 15.9 Å². The van der Waals surface area contributed by atoms with Crippen molar-refractivity contribution in [2.45, 2.75) is 27.3 Å². The van der Waals surface area contributed by atoms with Gasteiger partial charge in [0.05, 0.1) is 5.56 Å². The average molecular weight is 346 g/mol. The van der Waals surface area contributed by atoms with Crippen LogP contribution in [0, 0.1) is 20.8 Å². The number of carbonyl (C=O) groups excluding carboxylic acids is 1. The molecule has 0 atom stereocenters. The maximum Gasteiger partial charge on any atom is 0.254 e. The molecule has 0 aliphatic heterocycles. The fraction of sp³-hybridized carbons (Fsp3) is 0.190. The summed E-state index contributed by atoms with van der Waals surface area (Å²) in [5.74, 6) is 0.277. The molecule has 3 aromatic rings. The van der Waals surface area contributed by atoms with Crippen molar-refractivity contribution >= 4 is 17.5 Å². The van der Waals surface area contributed by atoms with E-state index in [1.54, 1.807) is 0 Å². The molecule has 0 fully saturated rings. The van der Waals surface area contributed by atoms with Crippen LogP contribution < -0.4 is 10.6 Å². The highest BCUT2D eigenvalue weighted by atomic mass is 16.1. The number of carbonyl (C=O) groups is 1. The number of anilines is 2. The second-order valence-corrected chi connectivity index (χ2v) is 6.34. The van der Waals surface area contributed by atoms with Gasteiger partial charge in [0.2, 0.25) is 5.95 Å². The number of hydrogen-bond acceptors (Lipinski definition) is 4. The van der Waals surface area contributed by atoms with Crippen LogP contribution in [0.5, 0.6) is 0 Å². The van der Waals surface area contributed by atoms with Crippen molar-refractivity contribution in [2.75, 3.05) is 5.32 Å². The lowest BCUT2D eigenvalue weighted by Crippen LogP contribution is -2.23. The average Bonchev–Trinajstić information content (AvgIpc) is 2.64. The number of nitrogens with zero attached hydrogens (tertiary/aromatic N) is 2. The van der Waals surface area contributed by atoms with Crippen molar-refractivity contribution in [3.63, 3.8) is 0 Å². The lowest BCUT2D eigenvalue weighted by atomic mass is 10.1. The van der Waals surface area contributed by atoms with Gasteiger partial charge in [0.25, 0.3) is 5.91 Å². The van der Waals surface area contributed by atoms with Gasteiger partial charge in [-0.2, -0.15) is 0 Å². The normalized spacial score (nSPS) is 10.4. The quantitative estimate of drug-likeness (QED) is 0.731. The van der Waals surface area contributed by atoms with Crippen molar-refractivity contribution in [2.24, 2.45) is 0 Å². The summed E-state index contributed by atoms with van der Waals surface area (Å²) < 4.78 is 0. The molecule has 0 spiro atoms. The molecule has 3 rings (SSSR count). The lowest BCUT2D eigenvalue weighted by Gasteiger charge is -2.10. The second kappa shape index (κ2) is 7.78. The molecule has 132 valence electrons. The Balaban J connectivity index is 1.63. The molecule has 0 saturated carbocycles. The van der Waals surface area contributed by atoms with Gasteiger partial charge in [0.15, 0.2) is 0 Å². The first-order chi connectivity index (χ1) is 12.5. The number of aryl methyl sites for hydroxylation is 2. The van der Waals surface area contributed by atoms with Gasteiger partial charge in [-0.1, -0.05) is 42.0 Å². The van der Waals surface area contributed by atoms with Crippen molar-refractivity contribution in [3.8, 4) is 0 Å². The number of benzene rings is 2. The third-order valence-electron chi connectivity index (χ3n) is 4.30. The Morgan fingerprint density at radius 3 is 2.46 bits per heavy atom. The highest BCUT2D eigenvalue weighted by molar-refractivity contribution is 5.93. The van der Waals surface area contributed by atoms with Gasteiger partial charge in [0.1, 0.15) is 0 Å². The number of amides is 1. The van der Waals surface area contributed by atoms with Crippen molar-refractivity contribution in [1.82, 2.24) is 15.3 Å². The van der Waals surface area contributed by atoms with E-state index in [0.29, 0.717) is 18.1 Å². The van der Waals surface area contributed by atoms with Gasteiger partial charge in [0, 0.05) is 24.6 Å². The fourth-order valence-corrected chi connectivity index (χ4v) is 2.62.